The van der Waals surface area contributed by atoms with Crippen LogP contribution < -0.4 is 0 Å². The number of benzene rings is 1. The van der Waals surface area contributed by atoms with E-state index in [0.29, 0.717) is 29.3 Å². The van der Waals surface area contributed by atoms with Crippen LogP contribution in [0.4, 0.5) is 4.39 Å². The van der Waals surface area contributed by atoms with Crippen molar-refractivity contribution in [3.63, 3.8) is 0 Å². The van der Waals surface area contributed by atoms with Crippen LogP contribution in [0.2, 0.25) is 0 Å². The third kappa shape index (κ3) is 2.70. The molecule has 0 aliphatic heterocycles. The molecule has 0 radical (unpaired) electrons. The van der Waals surface area contributed by atoms with Crippen LogP contribution in [0.3, 0.4) is 0 Å². The topological polar surface area (TPSA) is 57.3 Å². The number of carbonyl (C=O) groups is 1. The van der Waals surface area contributed by atoms with Gasteiger partial charge >= 0.3 is 5.97 Å². The van der Waals surface area contributed by atoms with Gasteiger partial charge in [0.25, 0.3) is 0 Å². The molecule has 0 aliphatic carbocycles. The van der Waals surface area contributed by atoms with Gasteiger partial charge in [-0.05, 0) is 36.6 Å². The van der Waals surface area contributed by atoms with Gasteiger partial charge in [0, 0.05) is 0 Å². The number of carbonyl (C=O) groups excluding carboxylic acids is 1. The first-order chi connectivity index (χ1) is 12.6. The first-order valence-electron chi connectivity index (χ1n) is 7.94. The molecule has 132 valence electrons. The Morgan fingerprint density at radius 3 is 2.92 bits per heavy atom. The number of aryl methyl sites for hydroxylation is 1. The van der Waals surface area contributed by atoms with Crippen LogP contribution >= 0.6 is 11.3 Å². The van der Waals surface area contributed by atoms with Gasteiger partial charge < -0.3 is 13.7 Å². The van der Waals surface area contributed by atoms with E-state index >= 15 is 0 Å². The van der Waals surface area contributed by atoms with E-state index in [1.807, 2.05) is 16.0 Å². The number of halogens is 1. The van der Waals surface area contributed by atoms with E-state index in [9.17, 15) is 9.18 Å². The number of ether oxygens (including phenoxy) is 1. The molecule has 3 heterocycles. The quantitative estimate of drug-likeness (QED) is 0.491. The molecule has 0 atom stereocenters. The fourth-order valence-electron chi connectivity index (χ4n) is 2.90. The molecular weight excluding hydrogens is 355 g/mol. The summed E-state index contributed by atoms with van der Waals surface area (Å²) in [6.45, 7) is 2.10. The highest BCUT2D eigenvalue weighted by Gasteiger charge is 2.20. The lowest BCUT2D eigenvalue weighted by Crippen LogP contribution is -2.12. The van der Waals surface area contributed by atoms with Gasteiger partial charge in [-0.15, -0.1) is 11.3 Å². The van der Waals surface area contributed by atoms with E-state index in [1.54, 1.807) is 42.5 Å². The second-order valence-corrected chi connectivity index (χ2v) is 6.73. The standard InChI is InChI=1S/C19H15FN2O3S/c1-11-14(21-18(25-11)12-5-3-4-6-13(12)20)10-22-15-7-8-26-17(15)9-16(22)19(23)24-2/h3-9H,10H2,1-2H3. The van der Waals surface area contributed by atoms with Gasteiger partial charge in [0.05, 0.1) is 29.4 Å². The highest BCUT2D eigenvalue weighted by atomic mass is 32.1. The number of nitrogens with zero attached hydrogens (tertiary/aromatic N) is 2. The molecular formula is C19H15FN2O3S. The maximum Gasteiger partial charge on any atom is 0.354 e. The van der Waals surface area contributed by atoms with Crippen molar-refractivity contribution in [3.05, 3.63) is 64.7 Å². The van der Waals surface area contributed by atoms with Gasteiger partial charge in [-0.25, -0.2) is 14.2 Å². The number of oxazole rings is 1. The molecule has 0 unspecified atom stereocenters. The van der Waals surface area contributed by atoms with E-state index < -0.39 is 11.8 Å². The lowest BCUT2D eigenvalue weighted by Gasteiger charge is -2.07. The number of esters is 1. The maximum atomic E-state index is 14.0. The van der Waals surface area contributed by atoms with Gasteiger partial charge in [0.15, 0.2) is 0 Å². The SMILES string of the molecule is COC(=O)c1cc2sccc2n1Cc1nc(-c2ccccc2F)oc1C. The summed E-state index contributed by atoms with van der Waals surface area (Å²) in [5, 5.41) is 1.96. The first-order valence-corrected chi connectivity index (χ1v) is 8.82. The van der Waals surface area contributed by atoms with Crippen LogP contribution in [0.1, 0.15) is 21.9 Å². The average Bonchev–Trinajstić information content (AvgIpc) is 3.31. The molecule has 5 nitrogen and oxygen atoms in total. The van der Waals surface area contributed by atoms with Crippen molar-refractivity contribution in [3.8, 4) is 11.5 Å². The van der Waals surface area contributed by atoms with Crippen LogP contribution in [0.25, 0.3) is 21.7 Å². The summed E-state index contributed by atoms with van der Waals surface area (Å²) in [6, 6.07) is 10.1. The minimum Gasteiger partial charge on any atom is -0.464 e. The van der Waals surface area contributed by atoms with Crippen LogP contribution in [0.15, 0.2) is 46.2 Å². The number of hydrogen-bond donors (Lipinski definition) is 0. The zero-order valence-corrected chi connectivity index (χ0v) is 15.0. The second kappa shape index (κ2) is 6.42. The molecule has 0 saturated carbocycles. The number of hydrogen-bond acceptors (Lipinski definition) is 5. The van der Waals surface area contributed by atoms with Gasteiger partial charge in [-0.3, -0.25) is 0 Å². The fraction of sp³-hybridized carbons (Fsp3) is 0.158. The highest BCUT2D eigenvalue weighted by molar-refractivity contribution is 7.17. The molecule has 0 spiro atoms. The van der Waals surface area contributed by atoms with Gasteiger partial charge in [-0.1, -0.05) is 12.1 Å². The van der Waals surface area contributed by atoms with E-state index in [0.717, 1.165) is 10.2 Å². The summed E-state index contributed by atoms with van der Waals surface area (Å²) in [4.78, 5) is 16.6. The van der Waals surface area contributed by atoms with Crippen molar-refractivity contribution in [1.29, 1.82) is 0 Å². The van der Waals surface area contributed by atoms with E-state index in [4.69, 9.17) is 9.15 Å². The number of thiophene rings is 1. The molecule has 7 heteroatoms. The molecule has 3 aromatic heterocycles. The summed E-state index contributed by atoms with van der Waals surface area (Å²) in [5.41, 5.74) is 2.31. The Kier molecular flexibility index (Phi) is 4.08. The fourth-order valence-corrected chi connectivity index (χ4v) is 3.72. The van der Waals surface area contributed by atoms with E-state index in [-0.39, 0.29) is 5.89 Å². The zero-order chi connectivity index (χ0) is 18.3. The Balaban J connectivity index is 1.77. The van der Waals surface area contributed by atoms with E-state index in [2.05, 4.69) is 4.98 Å². The Bertz CT molecular complexity index is 1110. The summed E-state index contributed by atoms with van der Waals surface area (Å²) >= 11 is 1.55. The predicted octanol–water partition coefficient (Wildman–Crippen LogP) is 4.64. The Morgan fingerprint density at radius 1 is 1.35 bits per heavy atom. The van der Waals surface area contributed by atoms with Crippen molar-refractivity contribution in [2.24, 2.45) is 0 Å². The lowest BCUT2D eigenvalue weighted by atomic mass is 10.2. The predicted molar refractivity (Wildman–Crippen MR) is 96.9 cm³/mol. The van der Waals surface area contributed by atoms with E-state index in [1.165, 1.54) is 13.2 Å². The van der Waals surface area contributed by atoms with Crippen LogP contribution in [-0.2, 0) is 11.3 Å². The average molecular weight is 370 g/mol. The van der Waals surface area contributed by atoms with Crippen molar-refractivity contribution in [2.75, 3.05) is 7.11 Å². The maximum absolute atomic E-state index is 14.0. The number of rotatable bonds is 4. The van der Waals surface area contributed by atoms with Crippen LogP contribution in [-0.4, -0.2) is 22.6 Å². The molecule has 1 aromatic carbocycles. The Hall–Kier alpha value is -2.93. The minimum absolute atomic E-state index is 0.226. The van der Waals surface area contributed by atoms with Crippen molar-refractivity contribution in [1.82, 2.24) is 9.55 Å². The Morgan fingerprint density at radius 2 is 2.15 bits per heavy atom. The van der Waals surface area contributed by atoms with Gasteiger partial charge in [0.2, 0.25) is 5.89 Å². The third-order valence-corrected chi connectivity index (χ3v) is 5.08. The van der Waals surface area contributed by atoms with Gasteiger partial charge in [-0.2, -0.15) is 0 Å². The van der Waals surface area contributed by atoms with Crippen LogP contribution in [0, 0.1) is 12.7 Å². The number of methoxy groups -OCH3 is 1. The third-order valence-electron chi connectivity index (χ3n) is 4.22. The molecule has 0 N–H and O–H groups in total. The first kappa shape index (κ1) is 16.5. The highest BCUT2D eigenvalue weighted by Crippen LogP contribution is 2.29. The largest absolute Gasteiger partial charge is 0.464 e. The molecule has 4 rings (SSSR count). The van der Waals surface area contributed by atoms with Crippen molar-refractivity contribution < 1.29 is 18.3 Å². The molecule has 0 fully saturated rings. The van der Waals surface area contributed by atoms with Gasteiger partial charge in [0.1, 0.15) is 23.0 Å². The molecule has 26 heavy (non-hydrogen) atoms. The minimum atomic E-state index is -0.413. The summed E-state index contributed by atoms with van der Waals surface area (Å²) < 4.78 is 27.4. The molecule has 0 bridgehead atoms. The monoisotopic (exact) mass is 370 g/mol. The molecule has 0 aliphatic rings. The summed E-state index contributed by atoms with van der Waals surface area (Å²) in [7, 11) is 1.35. The normalized spacial score (nSPS) is 11.2. The zero-order valence-electron chi connectivity index (χ0n) is 14.2. The molecule has 0 saturated heterocycles. The summed E-state index contributed by atoms with van der Waals surface area (Å²) in [6.07, 6.45) is 0. The second-order valence-electron chi connectivity index (χ2n) is 5.78. The number of aromatic nitrogens is 2. The molecule has 4 aromatic rings. The smallest absolute Gasteiger partial charge is 0.354 e. The van der Waals surface area contributed by atoms with Crippen LogP contribution in [0.5, 0.6) is 0 Å². The molecule has 0 amide bonds. The Labute approximate surface area is 152 Å². The van der Waals surface area contributed by atoms with Crippen molar-refractivity contribution in [2.45, 2.75) is 13.5 Å². The number of fused-ring (bicyclic) bond motifs is 1. The lowest BCUT2D eigenvalue weighted by molar-refractivity contribution is 0.0589. The van der Waals surface area contributed by atoms with Crippen molar-refractivity contribution >= 4 is 27.5 Å². The summed E-state index contributed by atoms with van der Waals surface area (Å²) in [5.74, 6) is 0.000648.